The van der Waals surface area contributed by atoms with Gasteiger partial charge in [0.05, 0.1) is 31.9 Å². The predicted octanol–water partition coefficient (Wildman–Crippen LogP) is 1.92. The molecule has 3 fully saturated rings. The molecule has 0 amide bonds. The summed E-state index contributed by atoms with van der Waals surface area (Å²) in [5.41, 5.74) is 12.4. The van der Waals surface area contributed by atoms with E-state index in [4.69, 9.17) is 34.3 Å². The van der Waals surface area contributed by atoms with Gasteiger partial charge in [-0.15, -0.1) is 0 Å². The number of ether oxygens (including phenoxy) is 1. The van der Waals surface area contributed by atoms with Crippen LogP contribution in [-0.4, -0.2) is 87.8 Å². The number of nitrogens with two attached hydrogens (primary N) is 2. The number of aromatic nitrogens is 8. The second-order valence-corrected chi connectivity index (χ2v) is 14.6. The van der Waals surface area contributed by atoms with E-state index >= 15 is 8.78 Å². The Hall–Kier alpha value is -2.87. The molecular weight excluding hydrogens is 652 g/mol. The standard InChI is InChI=1S/C21H24F2N10O8P2S/c22-11-9(32-6-30-13-17(24)26-4-28-19(13)32)1-8-2-37-42(34,35)40-16-10(3-38-43(36,44)41-15(8)11)39-21(12(16)23)33-7-31-14-18(25)27-5-29-20(14)33/h4-12,15-16,21H,1-3H2,(H,34,35)(H,36,44)(H2,24,26,28)(H2,25,27,29)/t8-,9-,10-,11?,12?,15?,16?,21-,43?/m1/s1. The number of anilines is 2. The van der Waals surface area contributed by atoms with Crippen molar-refractivity contribution in [2.45, 2.75) is 49.3 Å². The number of hydrogen-bond donors (Lipinski definition) is 4. The van der Waals surface area contributed by atoms with E-state index in [1.54, 1.807) is 0 Å². The number of nitrogens with zero attached hydrogens (tertiary/aromatic N) is 8. The summed E-state index contributed by atoms with van der Waals surface area (Å²) < 4.78 is 88.1. The van der Waals surface area contributed by atoms with Crippen LogP contribution in [0, 0.1) is 5.92 Å². The van der Waals surface area contributed by atoms with Crippen molar-refractivity contribution < 1.29 is 45.6 Å². The Labute approximate surface area is 250 Å². The number of nitrogen functional groups attached to an aromatic ring is 2. The summed E-state index contributed by atoms with van der Waals surface area (Å²) in [6.07, 6.45) is -5.32. The predicted molar refractivity (Wildman–Crippen MR) is 148 cm³/mol. The van der Waals surface area contributed by atoms with Gasteiger partial charge in [0.15, 0.2) is 35.3 Å². The lowest BCUT2D eigenvalue weighted by Crippen LogP contribution is -2.35. The Morgan fingerprint density at radius 2 is 1.50 bits per heavy atom. The van der Waals surface area contributed by atoms with Gasteiger partial charge < -0.3 is 25.7 Å². The van der Waals surface area contributed by atoms with Gasteiger partial charge in [0.1, 0.15) is 48.2 Å². The van der Waals surface area contributed by atoms with Crippen LogP contribution in [0.15, 0.2) is 25.3 Å². The zero-order valence-corrected chi connectivity index (χ0v) is 24.9. The zero-order chi connectivity index (χ0) is 31.0. The minimum Gasteiger partial charge on any atom is -0.382 e. The molecule has 2 aliphatic heterocycles. The third-order valence-corrected chi connectivity index (χ3v) is 10.3. The number of halogens is 2. The number of phosphoric ester groups is 1. The maximum Gasteiger partial charge on any atom is 0.472 e. The van der Waals surface area contributed by atoms with Gasteiger partial charge >= 0.3 is 14.6 Å². The Morgan fingerprint density at radius 3 is 2.18 bits per heavy atom. The van der Waals surface area contributed by atoms with Gasteiger partial charge in [-0.3, -0.25) is 22.7 Å². The van der Waals surface area contributed by atoms with E-state index in [1.807, 2.05) is 0 Å². The van der Waals surface area contributed by atoms with E-state index < -0.39 is 76.7 Å². The van der Waals surface area contributed by atoms with Crippen LogP contribution in [0.2, 0.25) is 0 Å². The summed E-state index contributed by atoms with van der Waals surface area (Å²) in [7, 11) is -5.00. The van der Waals surface area contributed by atoms with E-state index in [-0.39, 0.29) is 40.4 Å². The number of fused-ring (bicyclic) bond motifs is 4. The SMILES string of the molecule is Nc1ncnc2c1ncn2[C@@H]1C[C@@H]2COP(=O)(O)OC3C(F)[C@H](n4cnc5c(N)ncnc54)O[C@@H]3COP(=O)(S)OC2C1F. The lowest BCUT2D eigenvalue weighted by Gasteiger charge is -2.28. The topological polar surface area (TPSA) is 240 Å². The summed E-state index contributed by atoms with van der Waals surface area (Å²) in [5.74, 6) is -0.849. The molecule has 0 radical (unpaired) electrons. The van der Waals surface area contributed by atoms with E-state index in [9.17, 15) is 14.0 Å². The number of phosphoric acid groups is 1. The van der Waals surface area contributed by atoms with Crippen molar-refractivity contribution in [2.24, 2.45) is 5.92 Å². The van der Waals surface area contributed by atoms with Crippen LogP contribution in [0.5, 0.6) is 0 Å². The van der Waals surface area contributed by atoms with Crippen molar-refractivity contribution in [1.29, 1.82) is 0 Å². The van der Waals surface area contributed by atoms with E-state index in [0.717, 1.165) is 6.33 Å². The smallest absolute Gasteiger partial charge is 0.382 e. The highest BCUT2D eigenvalue weighted by Crippen LogP contribution is 2.59. The third kappa shape index (κ3) is 5.15. The number of alkyl halides is 2. The van der Waals surface area contributed by atoms with Crippen LogP contribution < -0.4 is 11.5 Å². The van der Waals surface area contributed by atoms with E-state index in [1.165, 1.54) is 28.1 Å². The van der Waals surface area contributed by atoms with Gasteiger partial charge in [-0.1, -0.05) is 12.2 Å². The molecule has 1 aliphatic carbocycles. The van der Waals surface area contributed by atoms with Crippen LogP contribution in [0.25, 0.3) is 22.3 Å². The zero-order valence-electron chi connectivity index (χ0n) is 22.2. The first-order valence-corrected chi connectivity index (χ1v) is 17.2. The van der Waals surface area contributed by atoms with Crippen LogP contribution in [0.1, 0.15) is 18.7 Å². The van der Waals surface area contributed by atoms with Gasteiger partial charge in [-0.2, -0.15) is 0 Å². The first-order chi connectivity index (χ1) is 20.9. The summed E-state index contributed by atoms with van der Waals surface area (Å²) in [6, 6.07) is -0.994. The first-order valence-electron chi connectivity index (χ1n) is 13.0. The minimum absolute atomic E-state index is 0.0345. The lowest BCUT2D eigenvalue weighted by atomic mass is 10.1. The summed E-state index contributed by atoms with van der Waals surface area (Å²) in [4.78, 5) is 34.7. The van der Waals surface area contributed by atoms with Crippen molar-refractivity contribution in [2.75, 3.05) is 24.7 Å². The molecule has 0 aromatic carbocycles. The Bertz CT molecular complexity index is 1710. The number of hydrogen-bond acceptors (Lipinski definition) is 15. The normalized spacial score (nSPS) is 38.3. The molecule has 44 heavy (non-hydrogen) atoms. The molecular formula is C21H24F2N10O8P2S. The molecule has 7 rings (SSSR count). The molecule has 4 aromatic heterocycles. The van der Waals surface area contributed by atoms with Crippen molar-refractivity contribution in [3.63, 3.8) is 0 Å². The molecule has 0 spiro atoms. The molecule has 18 nitrogen and oxygen atoms in total. The second-order valence-electron chi connectivity index (χ2n) is 10.4. The number of thiol groups is 1. The molecule has 2 saturated heterocycles. The highest BCUT2D eigenvalue weighted by Gasteiger charge is 2.54. The Balaban J connectivity index is 1.17. The lowest BCUT2D eigenvalue weighted by molar-refractivity contribution is -0.0484. The molecule has 3 aliphatic rings. The highest BCUT2D eigenvalue weighted by molar-refractivity contribution is 8.44. The van der Waals surface area contributed by atoms with Crippen molar-refractivity contribution in [1.82, 2.24) is 39.0 Å². The van der Waals surface area contributed by atoms with Crippen molar-refractivity contribution in [3.05, 3.63) is 25.3 Å². The average Bonchev–Trinajstić information content (AvgIpc) is 3.73. The van der Waals surface area contributed by atoms with E-state index in [2.05, 4.69) is 42.2 Å². The fraction of sp³-hybridized carbons (Fsp3) is 0.524. The maximum atomic E-state index is 16.0. The van der Waals surface area contributed by atoms with Gasteiger partial charge in [-0.25, -0.2) is 47.8 Å². The van der Waals surface area contributed by atoms with Gasteiger partial charge in [0.2, 0.25) is 0 Å². The molecule has 1 saturated carbocycles. The largest absolute Gasteiger partial charge is 0.472 e. The fourth-order valence-electron chi connectivity index (χ4n) is 5.70. The molecule has 4 aromatic rings. The molecule has 236 valence electrons. The number of rotatable bonds is 2. The summed E-state index contributed by atoms with van der Waals surface area (Å²) in [6.45, 7) is -5.64. The van der Waals surface area contributed by atoms with Crippen molar-refractivity contribution >= 4 is 60.8 Å². The van der Waals surface area contributed by atoms with Crippen LogP contribution in [0.4, 0.5) is 20.4 Å². The molecule has 6 unspecified atom stereocenters. The molecule has 5 N–H and O–H groups in total. The van der Waals surface area contributed by atoms with Crippen LogP contribution in [0.3, 0.4) is 0 Å². The average molecular weight is 676 g/mol. The van der Waals surface area contributed by atoms with Crippen LogP contribution in [-0.2, 0) is 32.0 Å². The first kappa shape index (κ1) is 29.8. The minimum atomic E-state index is -5.00. The molecule has 0 bridgehead atoms. The van der Waals surface area contributed by atoms with Crippen molar-refractivity contribution in [3.8, 4) is 0 Å². The van der Waals surface area contributed by atoms with E-state index in [0.29, 0.717) is 0 Å². The van der Waals surface area contributed by atoms with Gasteiger partial charge in [0.25, 0.3) is 0 Å². The second kappa shape index (κ2) is 10.9. The number of imidazole rings is 2. The Kier molecular flexibility index (Phi) is 7.38. The Morgan fingerprint density at radius 1 is 0.864 bits per heavy atom. The maximum absolute atomic E-state index is 16.0. The molecule has 6 heterocycles. The monoisotopic (exact) mass is 676 g/mol. The third-order valence-electron chi connectivity index (χ3n) is 7.73. The van der Waals surface area contributed by atoms with Crippen LogP contribution >= 0.6 is 26.9 Å². The van der Waals surface area contributed by atoms with Gasteiger partial charge in [-0.05, 0) is 6.42 Å². The molecule has 23 heteroatoms. The fourth-order valence-corrected chi connectivity index (χ4v) is 8.22. The van der Waals surface area contributed by atoms with Gasteiger partial charge in [0, 0.05) is 5.92 Å². The summed E-state index contributed by atoms with van der Waals surface area (Å²) in [5, 5.41) is 0. The molecule has 10 atom stereocenters. The summed E-state index contributed by atoms with van der Waals surface area (Å²) >= 11 is 4.01. The highest BCUT2D eigenvalue weighted by atomic mass is 32.7. The quantitative estimate of drug-likeness (QED) is 0.175.